The highest BCUT2D eigenvalue weighted by atomic mass is 19.4. The second-order valence-corrected chi connectivity index (χ2v) is 7.74. The van der Waals surface area contributed by atoms with Crippen LogP contribution in [0.3, 0.4) is 0 Å². The molecule has 2 fully saturated rings. The van der Waals surface area contributed by atoms with Crippen LogP contribution in [0.2, 0.25) is 0 Å². The predicted molar refractivity (Wildman–Crippen MR) is 102 cm³/mol. The van der Waals surface area contributed by atoms with Crippen molar-refractivity contribution in [2.75, 3.05) is 37.7 Å². The Morgan fingerprint density at radius 1 is 1.18 bits per heavy atom. The van der Waals surface area contributed by atoms with E-state index >= 15 is 0 Å². The number of nitrogens with zero attached hydrogens (tertiary/aromatic N) is 1. The third-order valence-corrected chi connectivity index (χ3v) is 5.85. The Bertz CT molecular complexity index is 664. The number of hydrogen-bond donors (Lipinski definition) is 1. The van der Waals surface area contributed by atoms with E-state index < -0.39 is 11.7 Å². The van der Waals surface area contributed by atoms with Gasteiger partial charge in [0.05, 0.1) is 12.2 Å². The minimum atomic E-state index is -4.34. The summed E-state index contributed by atoms with van der Waals surface area (Å²) in [5.74, 6) is 0.342. The molecule has 3 rings (SSSR count). The van der Waals surface area contributed by atoms with Crippen molar-refractivity contribution in [1.29, 1.82) is 0 Å². The van der Waals surface area contributed by atoms with E-state index in [2.05, 4.69) is 10.2 Å². The van der Waals surface area contributed by atoms with Crippen molar-refractivity contribution in [3.63, 3.8) is 0 Å². The molecule has 2 aliphatic rings. The van der Waals surface area contributed by atoms with Crippen LogP contribution in [-0.4, -0.2) is 38.8 Å². The smallest absolute Gasteiger partial charge is 0.416 e. The van der Waals surface area contributed by atoms with Gasteiger partial charge in [0.2, 0.25) is 0 Å². The van der Waals surface area contributed by atoms with Crippen LogP contribution >= 0.6 is 0 Å². The molecule has 2 aliphatic heterocycles. The van der Waals surface area contributed by atoms with E-state index in [0.29, 0.717) is 26.1 Å². The van der Waals surface area contributed by atoms with Gasteiger partial charge in [0, 0.05) is 25.2 Å². The normalized spacial score (nSPS) is 19.6. The summed E-state index contributed by atoms with van der Waals surface area (Å²) >= 11 is 0. The number of piperidine rings is 2. The van der Waals surface area contributed by atoms with Gasteiger partial charge in [0.25, 0.3) is 0 Å². The van der Waals surface area contributed by atoms with Crippen molar-refractivity contribution in [2.45, 2.75) is 51.1 Å². The zero-order chi connectivity index (χ0) is 20.1. The predicted octanol–water partition coefficient (Wildman–Crippen LogP) is 4.34. The fraction of sp³-hybridized carbons (Fsp3) is 0.667. The molecule has 1 aromatic carbocycles. The van der Waals surface area contributed by atoms with Crippen molar-refractivity contribution >= 4 is 11.7 Å². The van der Waals surface area contributed by atoms with Gasteiger partial charge in [-0.05, 0) is 75.2 Å². The topological polar surface area (TPSA) is 41.6 Å². The quantitative estimate of drug-likeness (QED) is 0.749. The summed E-state index contributed by atoms with van der Waals surface area (Å²) < 4.78 is 44.9. The molecule has 0 amide bonds. The van der Waals surface area contributed by atoms with E-state index in [1.807, 2.05) is 0 Å². The van der Waals surface area contributed by atoms with Gasteiger partial charge in [0.15, 0.2) is 0 Å². The van der Waals surface area contributed by atoms with Gasteiger partial charge in [-0.25, -0.2) is 0 Å². The molecule has 2 heterocycles. The van der Waals surface area contributed by atoms with Gasteiger partial charge in [-0.15, -0.1) is 0 Å². The molecule has 1 aromatic rings. The molecule has 0 atom stereocenters. The Morgan fingerprint density at radius 2 is 1.86 bits per heavy atom. The van der Waals surface area contributed by atoms with Gasteiger partial charge in [0.1, 0.15) is 0 Å². The fourth-order valence-electron chi connectivity index (χ4n) is 4.31. The van der Waals surface area contributed by atoms with E-state index in [4.69, 9.17) is 4.74 Å². The largest absolute Gasteiger partial charge is 0.466 e. The summed E-state index contributed by atoms with van der Waals surface area (Å²) in [5.41, 5.74) is 1.16. The SMILES string of the molecule is CCOC(=O)CC1CCN(c2cc(C(F)(F)F)ccc2C2CCNCC2)CC1. The van der Waals surface area contributed by atoms with E-state index in [0.717, 1.165) is 50.0 Å². The number of carbonyl (C=O) groups is 1. The summed E-state index contributed by atoms with van der Waals surface area (Å²) in [4.78, 5) is 13.8. The van der Waals surface area contributed by atoms with Gasteiger partial charge in [-0.1, -0.05) is 6.07 Å². The highest BCUT2D eigenvalue weighted by Gasteiger charge is 2.33. The minimum absolute atomic E-state index is 0.185. The molecule has 7 heteroatoms. The van der Waals surface area contributed by atoms with Crippen LogP contribution < -0.4 is 10.2 Å². The van der Waals surface area contributed by atoms with Crippen molar-refractivity contribution < 1.29 is 22.7 Å². The molecular weight excluding hydrogens is 369 g/mol. The Hall–Kier alpha value is -1.76. The Kier molecular flexibility index (Phi) is 6.86. The average Bonchev–Trinajstić information content (AvgIpc) is 2.68. The Balaban J connectivity index is 1.76. The fourth-order valence-corrected chi connectivity index (χ4v) is 4.31. The number of rotatable bonds is 5. The number of nitrogens with one attached hydrogen (secondary N) is 1. The van der Waals surface area contributed by atoms with Crippen molar-refractivity contribution in [3.8, 4) is 0 Å². The average molecular weight is 398 g/mol. The minimum Gasteiger partial charge on any atom is -0.466 e. The highest BCUT2D eigenvalue weighted by molar-refractivity contribution is 5.69. The van der Waals surface area contributed by atoms with Gasteiger partial charge < -0.3 is 15.0 Å². The molecule has 1 N–H and O–H groups in total. The zero-order valence-electron chi connectivity index (χ0n) is 16.4. The lowest BCUT2D eigenvalue weighted by atomic mass is 9.86. The van der Waals surface area contributed by atoms with E-state index in [1.165, 1.54) is 12.1 Å². The molecule has 0 aliphatic carbocycles. The maximum atomic E-state index is 13.3. The number of hydrogen-bond acceptors (Lipinski definition) is 4. The number of ether oxygens (including phenoxy) is 1. The van der Waals surface area contributed by atoms with Crippen LogP contribution in [0.15, 0.2) is 18.2 Å². The number of benzene rings is 1. The molecule has 0 radical (unpaired) electrons. The maximum absolute atomic E-state index is 13.3. The van der Waals surface area contributed by atoms with Crippen LogP contribution in [0.4, 0.5) is 18.9 Å². The summed E-state index contributed by atoms with van der Waals surface area (Å²) in [6.07, 6.45) is -0.480. The Labute approximate surface area is 164 Å². The van der Waals surface area contributed by atoms with Crippen molar-refractivity contribution in [3.05, 3.63) is 29.3 Å². The molecule has 0 bridgehead atoms. The van der Waals surface area contributed by atoms with Crippen molar-refractivity contribution in [2.24, 2.45) is 5.92 Å². The summed E-state index contributed by atoms with van der Waals surface area (Å²) in [6, 6.07) is 4.22. The number of esters is 1. The van der Waals surface area contributed by atoms with Crippen LogP contribution in [0.5, 0.6) is 0 Å². The zero-order valence-corrected chi connectivity index (χ0v) is 16.4. The standard InChI is InChI=1S/C21H29F3N2O2/c1-2-28-20(27)13-15-7-11-26(12-8-15)19-14-17(21(22,23)24)3-4-18(19)16-5-9-25-10-6-16/h3-4,14-16,25H,2,5-13H2,1H3. The summed E-state index contributed by atoms with van der Waals surface area (Å²) in [7, 11) is 0. The second kappa shape index (κ2) is 9.16. The van der Waals surface area contributed by atoms with E-state index in [9.17, 15) is 18.0 Å². The lowest BCUT2D eigenvalue weighted by molar-refractivity contribution is -0.144. The summed E-state index contributed by atoms with van der Waals surface area (Å²) in [5, 5.41) is 3.32. The maximum Gasteiger partial charge on any atom is 0.416 e. The van der Waals surface area contributed by atoms with Gasteiger partial charge >= 0.3 is 12.1 Å². The molecule has 156 valence electrons. The monoisotopic (exact) mass is 398 g/mol. The number of anilines is 1. The molecule has 4 nitrogen and oxygen atoms in total. The van der Waals surface area contributed by atoms with Crippen LogP contribution in [-0.2, 0) is 15.7 Å². The Morgan fingerprint density at radius 3 is 2.46 bits per heavy atom. The van der Waals surface area contributed by atoms with Gasteiger partial charge in [-0.2, -0.15) is 13.2 Å². The first-order chi connectivity index (χ1) is 13.4. The highest BCUT2D eigenvalue weighted by Crippen LogP contribution is 2.39. The third-order valence-electron chi connectivity index (χ3n) is 5.85. The van der Waals surface area contributed by atoms with Crippen LogP contribution in [0.25, 0.3) is 0 Å². The molecule has 0 unspecified atom stereocenters. The lowest BCUT2D eigenvalue weighted by Crippen LogP contribution is -2.36. The van der Waals surface area contributed by atoms with Gasteiger partial charge in [-0.3, -0.25) is 4.79 Å². The van der Waals surface area contributed by atoms with Crippen molar-refractivity contribution in [1.82, 2.24) is 5.32 Å². The molecule has 28 heavy (non-hydrogen) atoms. The van der Waals surface area contributed by atoms with E-state index in [1.54, 1.807) is 13.0 Å². The van der Waals surface area contributed by atoms with E-state index in [-0.39, 0.29) is 17.8 Å². The molecule has 0 spiro atoms. The molecule has 0 saturated carbocycles. The third kappa shape index (κ3) is 5.19. The lowest BCUT2D eigenvalue weighted by Gasteiger charge is -2.36. The number of alkyl halides is 3. The molecule has 0 aromatic heterocycles. The first-order valence-electron chi connectivity index (χ1n) is 10.2. The number of carbonyl (C=O) groups excluding carboxylic acids is 1. The number of halogens is 3. The second-order valence-electron chi connectivity index (χ2n) is 7.74. The first-order valence-corrected chi connectivity index (χ1v) is 10.2. The van der Waals surface area contributed by atoms with Crippen LogP contribution in [0, 0.1) is 5.92 Å². The first kappa shape index (κ1) is 21.0. The molecular formula is C21H29F3N2O2. The molecule has 2 saturated heterocycles. The summed E-state index contributed by atoms with van der Waals surface area (Å²) in [6.45, 7) is 5.30. The van der Waals surface area contributed by atoms with Crippen LogP contribution in [0.1, 0.15) is 56.1 Å².